The highest BCUT2D eigenvalue weighted by Crippen LogP contribution is 2.18. The molecule has 0 radical (unpaired) electrons. The molecule has 1 aliphatic heterocycles. The summed E-state index contributed by atoms with van der Waals surface area (Å²) in [7, 11) is 0. The van der Waals surface area contributed by atoms with Crippen molar-refractivity contribution >= 4 is 5.91 Å². The molecule has 4 nitrogen and oxygen atoms in total. The third-order valence-corrected chi connectivity index (χ3v) is 2.49. The summed E-state index contributed by atoms with van der Waals surface area (Å²) in [6.45, 7) is 2.68. The molecule has 2 rings (SSSR count). The van der Waals surface area contributed by atoms with E-state index in [1.54, 1.807) is 19.1 Å². The fourth-order valence-corrected chi connectivity index (χ4v) is 1.61. The molecule has 0 aromatic heterocycles. The van der Waals surface area contributed by atoms with Crippen LogP contribution in [0.1, 0.15) is 13.3 Å². The lowest BCUT2D eigenvalue weighted by Gasteiger charge is -2.20. The highest BCUT2D eigenvalue weighted by molar-refractivity contribution is 5.80. The number of hydrogen-bond acceptors (Lipinski definition) is 3. The molecule has 92 valence electrons. The van der Waals surface area contributed by atoms with Crippen molar-refractivity contribution in [2.75, 3.05) is 13.2 Å². The van der Waals surface area contributed by atoms with E-state index in [0.717, 1.165) is 6.42 Å². The van der Waals surface area contributed by atoms with Gasteiger partial charge in [0.2, 0.25) is 0 Å². The van der Waals surface area contributed by atoms with Crippen LogP contribution in [0.4, 0.5) is 4.39 Å². The van der Waals surface area contributed by atoms with E-state index in [2.05, 4.69) is 0 Å². The van der Waals surface area contributed by atoms with Crippen LogP contribution >= 0.6 is 0 Å². The fourth-order valence-electron chi connectivity index (χ4n) is 1.61. The van der Waals surface area contributed by atoms with E-state index in [4.69, 9.17) is 9.57 Å². The van der Waals surface area contributed by atoms with Gasteiger partial charge in [-0.25, -0.2) is 9.45 Å². The van der Waals surface area contributed by atoms with Crippen molar-refractivity contribution in [3.05, 3.63) is 30.1 Å². The third-order valence-electron chi connectivity index (χ3n) is 2.49. The molecule has 0 N–H and O–H groups in total. The van der Waals surface area contributed by atoms with Gasteiger partial charge in [0.25, 0.3) is 5.91 Å². The van der Waals surface area contributed by atoms with E-state index >= 15 is 0 Å². The average molecular weight is 239 g/mol. The lowest BCUT2D eigenvalue weighted by Crippen LogP contribution is -2.38. The predicted octanol–water partition coefficient (Wildman–Crippen LogP) is 1.76. The summed E-state index contributed by atoms with van der Waals surface area (Å²) in [5, 5.41) is 1.27. The van der Waals surface area contributed by atoms with Gasteiger partial charge in [0.1, 0.15) is 0 Å². The van der Waals surface area contributed by atoms with Crippen LogP contribution in [-0.4, -0.2) is 30.2 Å². The molecule has 1 aliphatic rings. The molecule has 5 heteroatoms. The Morgan fingerprint density at radius 3 is 2.94 bits per heavy atom. The SMILES string of the molecule is CC(Oc1ccccc1F)C(=O)N1CCCO1. The van der Waals surface area contributed by atoms with Crippen LogP contribution in [-0.2, 0) is 9.63 Å². The second-order valence-electron chi connectivity index (χ2n) is 3.82. The summed E-state index contributed by atoms with van der Waals surface area (Å²) < 4.78 is 18.6. The number of amides is 1. The molecule has 0 spiro atoms. The molecule has 1 amide bonds. The highest BCUT2D eigenvalue weighted by atomic mass is 19.1. The summed E-state index contributed by atoms with van der Waals surface area (Å²) in [6, 6.07) is 6.00. The van der Waals surface area contributed by atoms with Gasteiger partial charge in [-0.05, 0) is 25.5 Å². The number of carbonyl (C=O) groups is 1. The molecule has 1 saturated heterocycles. The second kappa shape index (κ2) is 5.14. The Labute approximate surface area is 98.9 Å². The van der Waals surface area contributed by atoms with E-state index in [-0.39, 0.29) is 11.7 Å². The largest absolute Gasteiger partial charge is 0.478 e. The maximum Gasteiger partial charge on any atom is 0.286 e. The first kappa shape index (κ1) is 11.9. The Hall–Kier alpha value is -1.62. The van der Waals surface area contributed by atoms with Gasteiger partial charge < -0.3 is 4.74 Å². The molecular weight excluding hydrogens is 225 g/mol. The molecular formula is C12H14FNO3. The number of hydroxylamine groups is 2. The molecule has 0 saturated carbocycles. The van der Waals surface area contributed by atoms with Crippen molar-refractivity contribution in [3.63, 3.8) is 0 Å². The van der Waals surface area contributed by atoms with Gasteiger partial charge in [0, 0.05) is 0 Å². The molecule has 1 unspecified atom stereocenters. The first-order valence-electron chi connectivity index (χ1n) is 5.54. The van der Waals surface area contributed by atoms with E-state index in [0.29, 0.717) is 13.2 Å². The first-order valence-corrected chi connectivity index (χ1v) is 5.54. The zero-order valence-electron chi connectivity index (χ0n) is 9.56. The van der Waals surface area contributed by atoms with Crippen LogP contribution in [0.3, 0.4) is 0 Å². The van der Waals surface area contributed by atoms with E-state index in [1.807, 2.05) is 0 Å². The number of hydrogen-bond donors (Lipinski definition) is 0. The maximum absolute atomic E-state index is 13.3. The molecule has 1 atom stereocenters. The Morgan fingerprint density at radius 1 is 1.53 bits per heavy atom. The minimum atomic E-state index is -0.759. The molecule has 1 heterocycles. The van der Waals surface area contributed by atoms with Gasteiger partial charge in [-0.15, -0.1) is 0 Å². The number of para-hydroxylation sites is 1. The fraction of sp³-hybridized carbons (Fsp3) is 0.417. The van der Waals surface area contributed by atoms with Crippen LogP contribution in [0.25, 0.3) is 0 Å². The summed E-state index contributed by atoms with van der Waals surface area (Å²) >= 11 is 0. The van der Waals surface area contributed by atoms with Crippen molar-refractivity contribution < 1.29 is 18.8 Å². The lowest BCUT2D eigenvalue weighted by atomic mass is 10.3. The van der Waals surface area contributed by atoms with Crippen molar-refractivity contribution in [1.29, 1.82) is 0 Å². The summed E-state index contributed by atoms with van der Waals surface area (Å²) in [4.78, 5) is 16.9. The normalized spacial score (nSPS) is 16.9. The lowest BCUT2D eigenvalue weighted by molar-refractivity contribution is -0.175. The smallest absolute Gasteiger partial charge is 0.286 e. The van der Waals surface area contributed by atoms with E-state index in [9.17, 15) is 9.18 Å². The zero-order valence-corrected chi connectivity index (χ0v) is 9.56. The molecule has 1 fully saturated rings. The minimum Gasteiger partial charge on any atom is -0.478 e. The number of carbonyl (C=O) groups excluding carboxylic acids is 1. The average Bonchev–Trinajstić information content (AvgIpc) is 2.84. The number of rotatable bonds is 3. The molecule has 1 aromatic rings. The van der Waals surface area contributed by atoms with Gasteiger partial charge in [-0.2, -0.15) is 0 Å². The Morgan fingerprint density at radius 2 is 2.29 bits per heavy atom. The monoisotopic (exact) mass is 239 g/mol. The van der Waals surface area contributed by atoms with Crippen LogP contribution in [0.15, 0.2) is 24.3 Å². The van der Waals surface area contributed by atoms with Gasteiger partial charge in [-0.1, -0.05) is 12.1 Å². The number of halogens is 1. The second-order valence-corrected chi connectivity index (χ2v) is 3.82. The standard InChI is InChI=1S/C12H14FNO3/c1-9(12(15)14-7-4-8-16-14)17-11-6-3-2-5-10(11)13/h2-3,5-6,9H,4,7-8H2,1H3. The van der Waals surface area contributed by atoms with Crippen LogP contribution in [0.2, 0.25) is 0 Å². The zero-order chi connectivity index (χ0) is 12.3. The van der Waals surface area contributed by atoms with E-state index < -0.39 is 11.9 Å². The van der Waals surface area contributed by atoms with Crippen molar-refractivity contribution in [3.8, 4) is 5.75 Å². The minimum absolute atomic E-state index is 0.0764. The topological polar surface area (TPSA) is 38.8 Å². The third kappa shape index (κ3) is 2.74. The van der Waals surface area contributed by atoms with Crippen LogP contribution in [0.5, 0.6) is 5.75 Å². The van der Waals surface area contributed by atoms with Crippen molar-refractivity contribution in [1.82, 2.24) is 5.06 Å². The van der Waals surface area contributed by atoms with Gasteiger partial charge in [0.05, 0.1) is 13.2 Å². The highest BCUT2D eigenvalue weighted by Gasteiger charge is 2.26. The Balaban J connectivity index is 1.99. The number of benzene rings is 1. The molecule has 17 heavy (non-hydrogen) atoms. The summed E-state index contributed by atoms with van der Waals surface area (Å²) in [6.07, 6.45) is 0.0584. The number of ether oxygens (including phenoxy) is 1. The quantitative estimate of drug-likeness (QED) is 0.806. The van der Waals surface area contributed by atoms with Gasteiger partial charge >= 0.3 is 0 Å². The molecule has 0 aliphatic carbocycles. The van der Waals surface area contributed by atoms with Gasteiger partial charge in [-0.3, -0.25) is 9.63 Å². The molecule has 0 bridgehead atoms. The maximum atomic E-state index is 13.3. The first-order chi connectivity index (χ1) is 8.18. The van der Waals surface area contributed by atoms with E-state index in [1.165, 1.54) is 17.2 Å². The van der Waals surface area contributed by atoms with Crippen LogP contribution < -0.4 is 4.74 Å². The number of nitrogens with zero attached hydrogens (tertiary/aromatic N) is 1. The van der Waals surface area contributed by atoms with Crippen molar-refractivity contribution in [2.24, 2.45) is 0 Å². The predicted molar refractivity (Wildman–Crippen MR) is 58.8 cm³/mol. The van der Waals surface area contributed by atoms with Crippen molar-refractivity contribution in [2.45, 2.75) is 19.4 Å². The summed E-state index contributed by atoms with van der Waals surface area (Å²) in [5.41, 5.74) is 0. The van der Waals surface area contributed by atoms with Gasteiger partial charge in [0.15, 0.2) is 17.7 Å². The van der Waals surface area contributed by atoms with Crippen LogP contribution in [0, 0.1) is 5.82 Å². The Kier molecular flexibility index (Phi) is 3.58. The Bertz CT molecular complexity index is 404. The summed E-state index contributed by atoms with van der Waals surface area (Å²) in [5.74, 6) is -0.687. The molecule has 1 aromatic carbocycles.